The van der Waals surface area contributed by atoms with Crippen molar-refractivity contribution in [2.24, 2.45) is 0 Å². The van der Waals surface area contributed by atoms with E-state index in [1.807, 2.05) is 0 Å². The average Bonchev–Trinajstić information content (AvgIpc) is 3.31. The van der Waals surface area contributed by atoms with Crippen molar-refractivity contribution in [1.29, 1.82) is 0 Å². The molecule has 0 fully saturated rings. The summed E-state index contributed by atoms with van der Waals surface area (Å²) >= 11 is 48.6. The summed E-state index contributed by atoms with van der Waals surface area (Å²) in [6.45, 7) is 1.02. The van der Waals surface area contributed by atoms with Crippen LogP contribution in [0, 0.1) is 0 Å². The fourth-order valence-electron chi connectivity index (χ4n) is 4.25. The molecule has 2 aliphatic heterocycles. The predicted molar refractivity (Wildman–Crippen MR) is 153 cm³/mol. The van der Waals surface area contributed by atoms with Crippen molar-refractivity contribution in [2.75, 3.05) is 26.3 Å². The molecule has 0 atom stereocenters. The number of unbranched alkanes of at least 4 members (excludes halogenated alkanes) is 2. The lowest BCUT2D eigenvalue weighted by molar-refractivity contribution is 0.0637. The van der Waals surface area contributed by atoms with Gasteiger partial charge in [0.25, 0.3) is 23.6 Å². The Hall–Kier alpha value is -1.00. The normalized spacial score (nSPS) is 14.7. The maximum atomic E-state index is 12.7. The smallest absolute Gasteiger partial charge is 0.263 e. The highest BCUT2D eigenvalue weighted by Gasteiger charge is 2.42. The molecule has 0 bridgehead atoms. The standard InChI is InChI=1S/C24H16Cl8N2O5/c25-13-9-10(14(26)18(30)17(13)29)22(36)33(21(9)35)5-1-3-7-39-8-4-2-6-34-23(37)11-12(24(34)38)16(28)20(32)19(31)15(11)27/h1-8H2. The molecule has 208 valence electrons. The molecular weight excluding hydrogens is 680 g/mol. The van der Waals surface area contributed by atoms with Crippen LogP contribution in [0.25, 0.3) is 0 Å². The van der Waals surface area contributed by atoms with E-state index in [1.165, 1.54) is 0 Å². The van der Waals surface area contributed by atoms with Crippen molar-refractivity contribution in [2.45, 2.75) is 25.7 Å². The first-order valence-corrected chi connectivity index (χ1v) is 14.5. The molecule has 0 unspecified atom stereocenters. The molecule has 4 rings (SSSR count). The minimum absolute atomic E-state index is 0.0499. The van der Waals surface area contributed by atoms with Crippen LogP contribution in [0.15, 0.2) is 0 Å². The third kappa shape index (κ3) is 5.47. The molecule has 0 saturated carbocycles. The molecule has 0 radical (unpaired) electrons. The van der Waals surface area contributed by atoms with Gasteiger partial charge in [0.15, 0.2) is 0 Å². The van der Waals surface area contributed by atoms with Gasteiger partial charge in [-0.3, -0.25) is 29.0 Å². The highest BCUT2D eigenvalue weighted by Crippen LogP contribution is 2.46. The molecule has 2 aliphatic rings. The van der Waals surface area contributed by atoms with Gasteiger partial charge >= 0.3 is 0 Å². The van der Waals surface area contributed by atoms with Crippen molar-refractivity contribution in [3.63, 3.8) is 0 Å². The summed E-state index contributed by atoms with van der Waals surface area (Å²) in [6, 6.07) is 0. The number of halogens is 8. The summed E-state index contributed by atoms with van der Waals surface area (Å²) < 4.78 is 5.60. The second kappa shape index (κ2) is 12.5. The minimum atomic E-state index is -0.582. The van der Waals surface area contributed by atoms with Crippen molar-refractivity contribution < 1.29 is 23.9 Å². The van der Waals surface area contributed by atoms with E-state index in [1.54, 1.807) is 0 Å². The predicted octanol–water partition coefficient (Wildman–Crippen LogP) is 8.38. The molecule has 0 saturated heterocycles. The number of ether oxygens (including phenoxy) is 1. The van der Waals surface area contributed by atoms with Gasteiger partial charge in [0.1, 0.15) is 0 Å². The Kier molecular flexibility index (Phi) is 9.90. The molecule has 7 nitrogen and oxygen atoms in total. The lowest BCUT2D eigenvalue weighted by Gasteiger charge is -2.14. The third-order valence-corrected chi connectivity index (χ3v) is 9.82. The van der Waals surface area contributed by atoms with E-state index in [2.05, 4.69) is 0 Å². The number of nitrogens with zero attached hydrogens (tertiary/aromatic N) is 2. The van der Waals surface area contributed by atoms with Crippen molar-refractivity contribution in [1.82, 2.24) is 9.80 Å². The summed E-state index contributed by atoms with van der Waals surface area (Å²) in [5.74, 6) is -2.33. The van der Waals surface area contributed by atoms with Crippen LogP contribution in [0.3, 0.4) is 0 Å². The number of carbonyl (C=O) groups is 4. The Morgan fingerprint density at radius 1 is 0.410 bits per heavy atom. The Bertz CT molecular complexity index is 1230. The van der Waals surface area contributed by atoms with E-state index in [-0.39, 0.29) is 75.5 Å². The van der Waals surface area contributed by atoms with Gasteiger partial charge in [-0.05, 0) is 25.7 Å². The maximum Gasteiger partial charge on any atom is 0.263 e. The van der Waals surface area contributed by atoms with Crippen LogP contribution >= 0.6 is 92.8 Å². The van der Waals surface area contributed by atoms with Gasteiger partial charge < -0.3 is 4.74 Å². The van der Waals surface area contributed by atoms with Crippen molar-refractivity contribution >= 4 is 116 Å². The molecular formula is C24H16Cl8N2O5. The van der Waals surface area contributed by atoms with Crippen LogP contribution in [0.5, 0.6) is 0 Å². The molecule has 0 aliphatic carbocycles. The lowest BCUT2D eigenvalue weighted by atomic mass is 10.1. The van der Waals surface area contributed by atoms with Crippen molar-refractivity contribution in [3.8, 4) is 0 Å². The monoisotopic (exact) mass is 692 g/mol. The Balaban J connectivity index is 1.19. The fourth-order valence-corrected chi connectivity index (χ4v) is 6.28. The molecule has 39 heavy (non-hydrogen) atoms. The summed E-state index contributed by atoms with van der Waals surface area (Å²) in [5.41, 5.74) is -0.200. The lowest BCUT2D eigenvalue weighted by Crippen LogP contribution is -2.31. The highest BCUT2D eigenvalue weighted by atomic mass is 35.5. The van der Waals surface area contributed by atoms with Gasteiger partial charge in [0, 0.05) is 26.3 Å². The van der Waals surface area contributed by atoms with E-state index >= 15 is 0 Å². The number of hydrogen-bond acceptors (Lipinski definition) is 5. The number of amides is 4. The molecule has 0 spiro atoms. The van der Waals surface area contributed by atoms with Gasteiger partial charge in [0.2, 0.25) is 0 Å². The van der Waals surface area contributed by atoms with E-state index in [4.69, 9.17) is 97.5 Å². The first kappa shape index (κ1) is 30.9. The molecule has 2 aromatic rings. The average molecular weight is 696 g/mol. The van der Waals surface area contributed by atoms with Crippen LogP contribution in [0.2, 0.25) is 40.2 Å². The van der Waals surface area contributed by atoms with E-state index in [9.17, 15) is 19.2 Å². The summed E-state index contributed by atoms with van der Waals surface area (Å²) in [5, 5.41) is -0.748. The highest BCUT2D eigenvalue weighted by molar-refractivity contribution is 6.56. The third-order valence-electron chi connectivity index (χ3n) is 6.21. The molecule has 0 N–H and O–H groups in total. The second-order valence-corrected chi connectivity index (χ2v) is 11.6. The largest absolute Gasteiger partial charge is 0.381 e. The van der Waals surface area contributed by atoms with Gasteiger partial charge in [-0.15, -0.1) is 0 Å². The van der Waals surface area contributed by atoms with Crippen molar-refractivity contribution in [3.05, 3.63) is 62.4 Å². The number of fused-ring (bicyclic) bond motifs is 2. The minimum Gasteiger partial charge on any atom is -0.381 e. The number of benzene rings is 2. The van der Waals surface area contributed by atoms with Crippen LogP contribution in [-0.4, -0.2) is 59.7 Å². The van der Waals surface area contributed by atoms with Gasteiger partial charge in [-0.25, -0.2) is 0 Å². The Morgan fingerprint density at radius 3 is 0.923 bits per heavy atom. The van der Waals surface area contributed by atoms with Gasteiger partial charge in [-0.2, -0.15) is 0 Å². The zero-order chi connectivity index (χ0) is 28.8. The Labute approximate surface area is 263 Å². The van der Waals surface area contributed by atoms with Gasteiger partial charge in [0.05, 0.1) is 62.4 Å². The Morgan fingerprint density at radius 2 is 0.667 bits per heavy atom. The maximum absolute atomic E-state index is 12.7. The molecule has 4 amide bonds. The number of rotatable bonds is 10. The van der Waals surface area contributed by atoms with E-state index < -0.39 is 23.6 Å². The SMILES string of the molecule is O=C1c2c(Cl)c(Cl)c(Cl)c(Cl)c2C(=O)N1CCCCOCCCCN1C(=O)c2c(Cl)c(Cl)c(Cl)c(Cl)c2C1=O. The van der Waals surface area contributed by atoms with E-state index in [0.29, 0.717) is 38.9 Å². The van der Waals surface area contributed by atoms with Crippen LogP contribution in [-0.2, 0) is 4.74 Å². The molecule has 0 aromatic heterocycles. The first-order valence-electron chi connectivity index (χ1n) is 11.4. The number of carbonyl (C=O) groups excluding carboxylic acids is 4. The van der Waals surface area contributed by atoms with Crippen LogP contribution < -0.4 is 0 Å². The summed E-state index contributed by atoms with van der Waals surface area (Å²) in [6.07, 6.45) is 2.08. The number of hydrogen-bond donors (Lipinski definition) is 0. The molecule has 2 heterocycles. The molecule has 2 aromatic carbocycles. The van der Waals surface area contributed by atoms with Crippen LogP contribution in [0.4, 0.5) is 0 Å². The number of imide groups is 2. The summed E-state index contributed by atoms with van der Waals surface area (Å²) in [4.78, 5) is 53.0. The van der Waals surface area contributed by atoms with E-state index in [0.717, 1.165) is 9.80 Å². The first-order chi connectivity index (χ1) is 18.4. The van der Waals surface area contributed by atoms with Gasteiger partial charge in [-0.1, -0.05) is 92.8 Å². The second-order valence-electron chi connectivity index (χ2n) is 8.56. The molecule has 15 heteroatoms. The van der Waals surface area contributed by atoms with Crippen LogP contribution in [0.1, 0.15) is 67.1 Å². The quantitative estimate of drug-likeness (QED) is 0.108. The summed E-state index contributed by atoms with van der Waals surface area (Å²) in [7, 11) is 0. The topological polar surface area (TPSA) is 84.0 Å². The zero-order valence-electron chi connectivity index (χ0n) is 19.6. The fraction of sp³-hybridized carbons (Fsp3) is 0.333. The zero-order valence-corrected chi connectivity index (χ0v) is 25.7.